The number of nitrogens with one attached hydrogen (secondary N) is 1. The Labute approximate surface area is 160 Å². The van der Waals surface area contributed by atoms with E-state index < -0.39 is 26.5 Å². The quantitative estimate of drug-likeness (QED) is 0.671. The standard InChI is InChI=1S/C19H12ClFN2O3S/c20-15-8-14(11-22)19(24)18(10-15)27(25,26)23-17-9-13(6-7-16(17)21)12-4-2-1-3-5-12/h1-10,23-24H. The number of hydrogen-bond acceptors (Lipinski definition) is 4. The van der Waals surface area contributed by atoms with Gasteiger partial charge in [0.25, 0.3) is 10.0 Å². The van der Waals surface area contributed by atoms with Crippen molar-refractivity contribution in [1.82, 2.24) is 0 Å². The third kappa shape index (κ3) is 3.87. The maximum atomic E-state index is 14.2. The van der Waals surface area contributed by atoms with Crippen LogP contribution in [-0.4, -0.2) is 13.5 Å². The summed E-state index contributed by atoms with van der Waals surface area (Å²) in [7, 11) is -4.40. The van der Waals surface area contributed by atoms with Gasteiger partial charge in [-0.25, -0.2) is 12.8 Å². The van der Waals surface area contributed by atoms with Crippen molar-refractivity contribution in [1.29, 1.82) is 5.26 Å². The predicted molar refractivity (Wildman–Crippen MR) is 100 cm³/mol. The largest absolute Gasteiger partial charge is 0.505 e. The lowest BCUT2D eigenvalue weighted by Crippen LogP contribution is -2.14. The molecule has 2 N–H and O–H groups in total. The first-order chi connectivity index (χ1) is 12.8. The van der Waals surface area contributed by atoms with Crippen LogP contribution >= 0.6 is 11.6 Å². The Morgan fingerprint density at radius 3 is 2.41 bits per heavy atom. The van der Waals surface area contributed by atoms with Gasteiger partial charge in [0.1, 0.15) is 16.8 Å². The summed E-state index contributed by atoms with van der Waals surface area (Å²) in [6.45, 7) is 0. The topological polar surface area (TPSA) is 90.2 Å². The Morgan fingerprint density at radius 1 is 1.04 bits per heavy atom. The Balaban J connectivity index is 2.05. The molecule has 0 aliphatic carbocycles. The van der Waals surface area contributed by atoms with Crippen LogP contribution in [0.3, 0.4) is 0 Å². The van der Waals surface area contributed by atoms with Crippen molar-refractivity contribution in [3.05, 3.63) is 77.1 Å². The number of hydrogen-bond donors (Lipinski definition) is 2. The second kappa shape index (κ2) is 7.27. The van der Waals surface area contributed by atoms with Gasteiger partial charge >= 0.3 is 0 Å². The molecule has 8 heteroatoms. The number of nitrogens with zero attached hydrogens (tertiary/aromatic N) is 1. The fraction of sp³-hybridized carbons (Fsp3) is 0. The van der Waals surface area contributed by atoms with Crippen LogP contribution < -0.4 is 4.72 Å². The van der Waals surface area contributed by atoms with Crippen molar-refractivity contribution in [3.8, 4) is 22.9 Å². The number of sulfonamides is 1. The number of anilines is 1. The van der Waals surface area contributed by atoms with Gasteiger partial charge in [0.15, 0.2) is 5.75 Å². The molecule has 3 aromatic rings. The maximum absolute atomic E-state index is 14.2. The highest BCUT2D eigenvalue weighted by atomic mass is 35.5. The molecule has 0 bridgehead atoms. The van der Waals surface area contributed by atoms with E-state index in [9.17, 15) is 17.9 Å². The van der Waals surface area contributed by atoms with E-state index in [1.807, 2.05) is 6.07 Å². The summed E-state index contributed by atoms with van der Waals surface area (Å²) >= 11 is 5.82. The number of benzene rings is 3. The van der Waals surface area contributed by atoms with Crippen molar-refractivity contribution < 1.29 is 17.9 Å². The van der Waals surface area contributed by atoms with Gasteiger partial charge in [0, 0.05) is 5.02 Å². The first-order valence-corrected chi connectivity index (χ1v) is 9.48. The molecular formula is C19H12ClFN2O3S. The molecule has 0 aliphatic rings. The van der Waals surface area contributed by atoms with Gasteiger partial charge in [-0.15, -0.1) is 0 Å². The third-order valence-electron chi connectivity index (χ3n) is 3.77. The predicted octanol–water partition coefficient (Wildman–Crippen LogP) is 4.52. The SMILES string of the molecule is N#Cc1cc(Cl)cc(S(=O)(=O)Nc2cc(-c3ccccc3)ccc2F)c1O. The van der Waals surface area contributed by atoms with Crippen LogP contribution in [-0.2, 0) is 10.0 Å². The molecule has 0 saturated carbocycles. The number of rotatable bonds is 4. The van der Waals surface area contributed by atoms with E-state index in [1.165, 1.54) is 12.1 Å². The lowest BCUT2D eigenvalue weighted by molar-refractivity contribution is 0.457. The van der Waals surface area contributed by atoms with Gasteiger partial charge in [0.2, 0.25) is 0 Å². The molecule has 3 aromatic carbocycles. The maximum Gasteiger partial charge on any atom is 0.265 e. The average Bonchev–Trinajstić information content (AvgIpc) is 2.65. The van der Waals surface area contributed by atoms with Crippen LogP contribution in [0.15, 0.2) is 65.6 Å². The molecule has 0 aromatic heterocycles. The van der Waals surface area contributed by atoms with E-state index in [1.54, 1.807) is 30.3 Å². The molecule has 5 nitrogen and oxygen atoms in total. The zero-order valence-corrected chi connectivity index (χ0v) is 15.2. The van der Waals surface area contributed by atoms with Crippen molar-refractivity contribution in [3.63, 3.8) is 0 Å². The molecule has 0 fully saturated rings. The summed E-state index contributed by atoms with van der Waals surface area (Å²) in [5.41, 5.74) is 0.772. The average molecular weight is 403 g/mol. The Kier molecular flexibility index (Phi) is 5.04. The van der Waals surface area contributed by atoms with Crippen LogP contribution in [0, 0.1) is 17.1 Å². The molecule has 0 amide bonds. The molecule has 0 unspecified atom stereocenters. The van der Waals surface area contributed by atoms with Gasteiger partial charge in [-0.2, -0.15) is 5.26 Å². The molecule has 0 heterocycles. The Hall–Kier alpha value is -3.08. The molecule has 0 atom stereocenters. The summed E-state index contributed by atoms with van der Waals surface area (Å²) in [6, 6.07) is 16.8. The summed E-state index contributed by atoms with van der Waals surface area (Å²) in [6.07, 6.45) is 0. The highest BCUT2D eigenvalue weighted by molar-refractivity contribution is 7.92. The van der Waals surface area contributed by atoms with E-state index in [4.69, 9.17) is 16.9 Å². The van der Waals surface area contributed by atoms with Crippen LogP contribution in [0.25, 0.3) is 11.1 Å². The second-order valence-corrected chi connectivity index (χ2v) is 7.67. The number of halogens is 2. The summed E-state index contributed by atoms with van der Waals surface area (Å²) in [4.78, 5) is -0.615. The summed E-state index contributed by atoms with van der Waals surface area (Å²) in [5.74, 6) is -1.55. The van der Waals surface area contributed by atoms with Gasteiger partial charge in [-0.05, 0) is 35.4 Å². The van der Waals surface area contributed by atoms with Crippen molar-refractivity contribution in [2.45, 2.75) is 4.90 Å². The molecule has 0 spiro atoms. The minimum absolute atomic E-state index is 0.0526. The fourth-order valence-electron chi connectivity index (χ4n) is 2.48. The molecule has 3 rings (SSSR count). The lowest BCUT2D eigenvalue weighted by Gasteiger charge is -2.13. The second-order valence-electron chi connectivity index (χ2n) is 5.58. The van der Waals surface area contributed by atoms with E-state index in [-0.39, 0.29) is 16.3 Å². The van der Waals surface area contributed by atoms with E-state index in [0.717, 1.165) is 23.8 Å². The molecular weight excluding hydrogens is 391 g/mol. The van der Waals surface area contributed by atoms with Crippen molar-refractivity contribution in [2.24, 2.45) is 0 Å². The highest BCUT2D eigenvalue weighted by Gasteiger charge is 2.23. The number of nitriles is 1. The summed E-state index contributed by atoms with van der Waals surface area (Å²) < 4.78 is 41.6. The van der Waals surface area contributed by atoms with E-state index in [2.05, 4.69) is 4.72 Å². The fourth-order valence-corrected chi connectivity index (χ4v) is 3.96. The van der Waals surface area contributed by atoms with Crippen LogP contribution in [0.4, 0.5) is 10.1 Å². The van der Waals surface area contributed by atoms with Crippen LogP contribution in [0.5, 0.6) is 5.75 Å². The minimum Gasteiger partial charge on any atom is -0.505 e. The lowest BCUT2D eigenvalue weighted by atomic mass is 10.1. The highest BCUT2D eigenvalue weighted by Crippen LogP contribution is 2.33. The number of phenolic OH excluding ortho intramolecular Hbond substituents is 1. The van der Waals surface area contributed by atoms with Gasteiger partial charge < -0.3 is 5.11 Å². The first-order valence-electron chi connectivity index (χ1n) is 7.62. The van der Waals surface area contributed by atoms with E-state index >= 15 is 0 Å². The van der Waals surface area contributed by atoms with Gasteiger partial charge in [-0.1, -0.05) is 48.0 Å². The summed E-state index contributed by atoms with van der Waals surface area (Å²) in [5, 5.41) is 19.0. The zero-order valence-electron chi connectivity index (χ0n) is 13.6. The Morgan fingerprint density at radius 2 is 1.74 bits per heavy atom. The van der Waals surface area contributed by atoms with E-state index in [0.29, 0.717) is 5.56 Å². The number of aromatic hydroxyl groups is 1. The Bertz CT molecular complexity index is 1160. The normalized spacial score (nSPS) is 11.0. The molecule has 0 radical (unpaired) electrons. The monoisotopic (exact) mass is 402 g/mol. The van der Waals surface area contributed by atoms with Crippen LogP contribution in [0.1, 0.15) is 5.56 Å². The van der Waals surface area contributed by atoms with Gasteiger partial charge in [-0.3, -0.25) is 4.72 Å². The first kappa shape index (κ1) is 18.7. The molecule has 0 saturated heterocycles. The van der Waals surface area contributed by atoms with Crippen molar-refractivity contribution >= 4 is 27.3 Å². The molecule has 27 heavy (non-hydrogen) atoms. The smallest absolute Gasteiger partial charge is 0.265 e. The third-order valence-corrected chi connectivity index (χ3v) is 5.36. The molecule has 0 aliphatic heterocycles. The van der Waals surface area contributed by atoms with Crippen molar-refractivity contribution in [2.75, 3.05) is 4.72 Å². The van der Waals surface area contributed by atoms with Gasteiger partial charge in [0.05, 0.1) is 11.3 Å². The van der Waals surface area contributed by atoms with Crippen LogP contribution in [0.2, 0.25) is 5.02 Å². The number of phenols is 1. The minimum atomic E-state index is -4.40. The zero-order chi connectivity index (χ0) is 19.6. The molecule has 136 valence electrons.